The Labute approximate surface area is 293 Å². The average Bonchev–Trinajstić information content (AvgIpc) is 3.55. The van der Waals surface area contributed by atoms with Gasteiger partial charge >= 0.3 is 0 Å². The third kappa shape index (κ3) is 4.01. The van der Waals surface area contributed by atoms with Crippen LogP contribution in [0.15, 0.2) is 152 Å². The molecule has 0 aliphatic heterocycles. The van der Waals surface area contributed by atoms with Crippen LogP contribution in [0, 0.1) is 13.8 Å². The molecule has 0 bridgehead atoms. The predicted molar refractivity (Wildman–Crippen MR) is 214 cm³/mol. The van der Waals surface area contributed by atoms with E-state index in [2.05, 4.69) is 184 Å². The third-order valence-corrected chi connectivity index (χ3v) is 11.6. The van der Waals surface area contributed by atoms with Crippen LogP contribution in [-0.2, 0) is 5.41 Å². The predicted octanol–water partition coefficient (Wildman–Crippen LogP) is 13.3. The van der Waals surface area contributed by atoms with E-state index in [1.807, 2.05) is 0 Å². The van der Waals surface area contributed by atoms with Crippen molar-refractivity contribution in [1.29, 1.82) is 0 Å². The summed E-state index contributed by atoms with van der Waals surface area (Å²) in [6, 6.07) is 56.6. The van der Waals surface area contributed by atoms with Gasteiger partial charge in [-0.3, -0.25) is 0 Å². The molecule has 1 heterocycles. The van der Waals surface area contributed by atoms with E-state index in [1.54, 1.807) is 0 Å². The largest absolute Gasteiger partial charge is 0.312 e. The minimum Gasteiger partial charge on any atom is -0.312 e. The van der Waals surface area contributed by atoms with Crippen molar-refractivity contribution in [2.75, 3.05) is 0 Å². The maximum Gasteiger partial charge on any atom is 0.0612 e. The second-order valence-electron chi connectivity index (χ2n) is 14.6. The van der Waals surface area contributed by atoms with Crippen LogP contribution in [0.3, 0.4) is 0 Å². The topological polar surface area (TPSA) is 4.93 Å². The molecular formula is C49H37N. The molecule has 0 amide bonds. The lowest BCUT2D eigenvalue weighted by atomic mass is 9.81. The zero-order valence-corrected chi connectivity index (χ0v) is 28.9. The van der Waals surface area contributed by atoms with Crippen LogP contribution in [0.5, 0.6) is 0 Å². The van der Waals surface area contributed by atoms with Gasteiger partial charge in [0.05, 0.1) is 11.2 Å². The Kier molecular flexibility index (Phi) is 6.12. The number of fused-ring (bicyclic) bond motifs is 8. The van der Waals surface area contributed by atoms with Crippen molar-refractivity contribution in [3.05, 3.63) is 174 Å². The Hall–Kier alpha value is -5.92. The van der Waals surface area contributed by atoms with Crippen molar-refractivity contribution in [3.63, 3.8) is 0 Å². The summed E-state index contributed by atoms with van der Waals surface area (Å²) in [5.74, 6) is 0. The summed E-state index contributed by atoms with van der Waals surface area (Å²) in [5, 5.41) is 8.92. The summed E-state index contributed by atoms with van der Waals surface area (Å²) in [7, 11) is 0. The van der Waals surface area contributed by atoms with Gasteiger partial charge in [-0.05, 0) is 104 Å². The molecular weight excluding hydrogens is 603 g/mol. The number of hydrogen-bond acceptors (Lipinski definition) is 0. The molecule has 10 rings (SSSR count). The molecule has 1 aliphatic rings. The van der Waals surface area contributed by atoms with Gasteiger partial charge in [0.1, 0.15) is 0 Å². The summed E-state index contributed by atoms with van der Waals surface area (Å²) >= 11 is 0. The van der Waals surface area contributed by atoms with Crippen molar-refractivity contribution in [2.45, 2.75) is 33.1 Å². The molecule has 0 saturated carbocycles. The van der Waals surface area contributed by atoms with Crippen LogP contribution in [0.25, 0.3) is 82.3 Å². The molecule has 0 atom stereocenters. The summed E-state index contributed by atoms with van der Waals surface area (Å²) in [6.45, 7) is 9.28. The van der Waals surface area contributed by atoms with E-state index in [4.69, 9.17) is 0 Å². The first kappa shape index (κ1) is 29.0. The standard InChI is InChI=1S/C49H37N/c1-30-31(2)50(47-27-26-38(39-14-7-8-16-43(39)47)34-21-20-32-12-5-6-13-33(32)28-34)48-36(30)24-25-40-37(17-11-18-44(40)48)35-22-23-42-41-15-9-10-19-45(41)49(3,4)46(42)29-35/h5-29H,1-4H3. The first-order valence-electron chi connectivity index (χ1n) is 17.7. The lowest BCUT2D eigenvalue weighted by molar-refractivity contribution is 0.660. The lowest BCUT2D eigenvalue weighted by Gasteiger charge is -2.22. The first-order chi connectivity index (χ1) is 24.4. The Bertz CT molecular complexity index is 2860. The van der Waals surface area contributed by atoms with Crippen molar-refractivity contribution >= 4 is 43.2 Å². The normalized spacial score (nSPS) is 13.4. The summed E-state index contributed by atoms with van der Waals surface area (Å²) < 4.78 is 2.52. The molecule has 9 aromatic rings. The number of hydrogen-bond donors (Lipinski definition) is 0. The average molecular weight is 640 g/mol. The van der Waals surface area contributed by atoms with E-state index in [0.717, 1.165) is 0 Å². The van der Waals surface area contributed by atoms with Crippen molar-refractivity contribution in [3.8, 4) is 39.1 Å². The minimum atomic E-state index is -0.0389. The Morgan fingerprint density at radius 1 is 0.420 bits per heavy atom. The molecule has 50 heavy (non-hydrogen) atoms. The third-order valence-electron chi connectivity index (χ3n) is 11.6. The van der Waals surface area contributed by atoms with Crippen LogP contribution in [0.1, 0.15) is 36.2 Å². The van der Waals surface area contributed by atoms with Gasteiger partial charge in [0.25, 0.3) is 0 Å². The van der Waals surface area contributed by atoms with E-state index in [9.17, 15) is 0 Å². The fraction of sp³-hybridized carbons (Fsp3) is 0.102. The maximum absolute atomic E-state index is 2.52. The van der Waals surface area contributed by atoms with Gasteiger partial charge in [-0.25, -0.2) is 0 Å². The van der Waals surface area contributed by atoms with Gasteiger partial charge in [0.2, 0.25) is 0 Å². The van der Waals surface area contributed by atoms with Gasteiger partial charge in [-0.1, -0.05) is 147 Å². The van der Waals surface area contributed by atoms with Gasteiger partial charge in [0.15, 0.2) is 0 Å². The zero-order valence-electron chi connectivity index (χ0n) is 28.9. The van der Waals surface area contributed by atoms with Gasteiger partial charge in [-0.2, -0.15) is 0 Å². The molecule has 1 aliphatic carbocycles. The second kappa shape index (κ2) is 10.5. The number of aromatic nitrogens is 1. The van der Waals surface area contributed by atoms with E-state index in [1.165, 1.54) is 105 Å². The SMILES string of the molecule is Cc1c(C)n(-c2ccc(-c3ccc4ccccc4c3)c3ccccc23)c2c1ccc1c(-c3ccc4c(c3)C(C)(C)c3ccccc3-4)cccc12. The van der Waals surface area contributed by atoms with Crippen molar-refractivity contribution in [1.82, 2.24) is 4.57 Å². The Morgan fingerprint density at radius 3 is 1.90 bits per heavy atom. The van der Waals surface area contributed by atoms with Crippen LogP contribution in [0.2, 0.25) is 0 Å². The van der Waals surface area contributed by atoms with Gasteiger partial charge in [-0.15, -0.1) is 0 Å². The van der Waals surface area contributed by atoms with Crippen LogP contribution in [-0.4, -0.2) is 4.57 Å². The molecule has 0 fully saturated rings. The van der Waals surface area contributed by atoms with E-state index in [-0.39, 0.29) is 5.41 Å². The first-order valence-corrected chi connectivity index (χ1v) is 17.7. The van der Waals surface area contributed by atoms with E-state index in [0.29, 0.717) is 0 Å². The lowest BCUT2D eigenvalue weighted by Crippen LogP contribution is -2.14. The van der Waals surface area contributed by atoms with Crippen LogP contribution >= 0.6 is 0 Å². The molecule has 1 nitrogen and oxygen atoms in total. The number of nitrogens with zero attached hydrogens (tertiary/aromatic N) is 1. The number of aryl methyl sites for hydroxylation is 1. The van der Waals surface area contributed by atoms with E-state index < -0.39 is 0 Å². The second-order valence-corrected chi connectivity index (χ2v) is 14.6. The summed E-state index contributed by atoms with van der Waals surface area (Å²) in [5.41, 5.74) is 15.6. The van der Waals surface area contributed by atoms with E-state index >= 15 is 0 Å². The highest BCUT2D eigenvalue weighted by Gasteiger charge is 2.35. The Morgan fingerprint density at radius 2 is 1.02 bits per heavy atom. The maximum atomic E-state index is 2.52. The fourth-order valence-corrected chi connectivity index (χ4v) is 8.93. The molecule has 0 spiro atoms. The fourth-order valence-electron chi connectivity index (χ4n) is 8.93. The molecule has 0 saturated heterocycles. The number of rotatable bonds is 3. The highest BCUT2D eigenvalue weighted by atomic mass is 15.0. The highest BCUT2D eigenvalue weighted by Crippen LogP contribution is 2.50. The van der Waals surface area contributed by atoms with Crippen molar-refractivity contribution < 1.29 is 0 Å². The molecule has 1 heteroatoms. The molecule has 0 radical (unpaired) electrons. The smallest absolute Gasteiger partial charge is 0.0612 e. The molecule has 0 N–H and O–H groups in total. The molecule has 238 valence electrons. The number of benzene rings is 8. The van der Waals surface area contributed by atoms with Gasteiger partial charge in [0, 0.05) is 27.3 Å². The molecule has 1 aromatic heterocycles. The molecule has 0 unspecified atom stereocenters. The van der Waals surface area contributed by atoms with Crippen LogP contribution < -0.4 is 0 Å². The molecule has 8 aromatic carbocycles. The van der Waals surface area contributed by atoms with Gasteiger partial charge < -0.3 is 4.57 Å². The minimum absolute atomic E-state index is 0.0389. The van der Waals surface area contributed by atoms with Crippen LogP contribution in [0.4, 0.5) is 0 Å². The highest BCUT2D eigenvalue weighted by molar-refractivity contribution is 6.14. The quantitative estimate of drug-likeness (QED) is 0.181. The monoisotopic (exact) mass is 639 g/mol. The van der Waals surface area contributed by atoms with Crippen molar-refractivity contribution in [2.24, 2.45) is 0 Å². The summed E-state index contributed by atoms with van der Waals surface area (Å²) in [4.78, 5) is 0. The zero-order chi connectivity index (χ0) is 33.7. The summed E-state index contributed by atoms with van der Waals surface area (Å²) in [6.07, 6.45) is 0. The Balaban J connectivity index is 1.19.